The third-order valence-electron chi connectivity index (χ3n) is 2.84. The molecule has 0 radical (unpaired) electrons. The van der Waals surface area contributed by atoms with Gasteiger partial charge in [0.15, 0.2) is 0 Å². The van der Waals surface area contributed by atoms with Crippen molar-refractivity contribution in [1.29, 1.82) is 0 Å². The zero-order chi connectivity index (χ0) is 15.5. The zero-order valence-corrected chi connectivity index (χ0v) is 13.4. The lowest BCUT2D eigenvalue weighted by molar-refractivity contribution is 0.378. The predicted molar refractivity (Wildman–Crippen MR) is 78.6 cm³/mol. The molecule has 1 aromatic carbocycles. The number of rotatable bonds is 6. The van der Waals surface area contributed by atoms with Gasteiger partial charge in [0, 0.05) is 30.2 Å². The summed E-state index contributed by atoms with van der Waals surface area (Å²) in [6.07, 6.45) is 0. The third kappa shape index (κ3) is 3.69. The van der Waals surface area contributed by atoms with E-state index < -0.39 is 20.7 Å². The minimum atomic E-state index is -3.91. The van der Waals surface area contributed by atoms with Crippen LogP contribution in [0.1, 0.15) is 26.3 Å². The summed E-state index contributed by atoms with van der Waals surface area (Å²) in [7, 11) is -3.91. The van der Waals surface area contributed by atoms with Gasteiger partial charge in [-0.15, -0.1) is 0 Å². The van der Waals surface area contributed by atoms with Gasteiger partial charge in [0.05, 0.1) is 0 Å². The van der Waals surface area contributed by atoms with Crippen LogP contribution in [0.15, 0.2) is 17.0 Å². The summed E-state index contributed by atoms with van der Waals surface area (Å²) in [4.78, 5) is -0.409. The molecule has 0 fully saturated rings. The van der Waals surface area contributed by atoms with Gasteiger partial charge in [0.1, 0.15) is 10.7 Å². The fourth-order valence-electron chi connectivity index (χ4n) is 1.90. The molecule has 0 heterocycles. The van der Waals surface area contributed by atoms with Gasteiger partial charge in [-0.2, -0.15) is 4.31 Å². The van der Waals surface area contributed by atoms with Crippen molar-refractivity contribution in [3.8, 4) is 0 Å². The van der Waals surface area contributed by atoms with Crippen molar-refractivity contribution in [3.63, 3.8) is 0 Å². The zero-order valence-electron chi connectivity index (χ0n) is 11.9. The lowest BCUT2D eigenvalue weighted by Gasteiger charge is -2.23. The van der Waals surface area contributed by atoms with E-state index in [4.69, 9.17) is 17.3 Å². The minimum Gasteiger partial charge on any atom is -0.326 e. The van der Waals surface area contributed by atoms with Crippen LogP contribution in [-0.4, -0.2) is 25.8 Å². The molecule has 0 saturated carbocycles. The van der Waals surface area contributed by atoms with Crippen LogP contribution in [0.3, 0.4) is 0 Å². The standard InChI is InChI=1S/C13H20ClFN2O2S/c1-4-17(8-9(2)3)20(18,19)12-6-11(14)5-10(7-16)13(12)15/h5-6,9H,4,7-8,16H2,1-3H3. The normalized spacial score (nSPS) is 12.4. The second-order valence-corrected chi connectivity index (χ2v) is 7.27. The molecule has 1 aromatic rings. The first-order valence-electron chi connectivity index (χ1n) is 6.42. The van der Waals surface area contributed by atoms with Crippen LogP contribution < -0.4 is 5.73 Å². The highest BCUT2D eigenvalue weighted by Gasteiger charge is 2.28. The number of halogens is 2. The monoisotopic (exact) mass is 322 g/mol. The highest BCUT2D eigenvalue weighted by molar-refractivity contribution is 7.89. The SMILES string of the molecule is CCN(CC(C)C)S(=O)(=O)c1cc(Cl)cc(CN)c1F. The third-order valence-corrected chi connectivity index (χ3v) is 5.00. The first-order chi connectivity index (χ1) is 9.23. The second-order valence-electron chi connectivity index (χ2n) is 4.93. The Bertz CT molecular complexity index is 576. The van der Waals surface area contributed by atoms with Crippen LogP contribution in [0, 0.1) is 11.7 Å². The van der Waals surface area contributed by atoms with E-state index in [-0.39, 0.29) is 29.6 Å². The van der Waals surface area contributed by atoms with Crippen LogP contribution in [0.25, 0.3) is 0 Å². The van der Waals surface area contributed by atoms with Gasteiger partial charge < -0.3 is 5.73 Å². The summed E-state index contributed by atoms with van der Waals surface area (Å²) >= 11 is 5.86. The molecule has 0 aromatic heterocycles. The Balaban J connectivity index is 3.37. The van der Waals surface area contributed by atoms with E-state index in [1.54, 1.807) is 6.92 Å². The van der Waals surface area contributed by atoms with E-state index in [1.807, 2.05) is 13.8 Å². The van der Waals surface area contributed by atoms with Crippen LogP contribution in [0.2, 0.25) is 5.02 Å². The lowest BCUT2D eigenvalue weighted by Crippen LogP contribution is -2.34. The van der Waals surface area contributed by atoms with Crippen LogP contribution in [0.5, 0.6) is 0 Å². The van der Waals surface area contributed by atoms with Crippen LogP contribution >= 0.6 is 11.6 Å². The topological polar surface area (TPSA) is 63.4 Å². The first-order valence-corrected chi connectivity index (χ1v) is 8.24. The van der Waals surface area contributed by atoms with Crippen molar-refractivity contribution in [2.75, 3.05) is 13.1 Å². The summed E-state index contributed by atoms with van der Waals surface area (Å²) in [5, 5.41) is 0.158. The molecule has 0 aliphatic rings. The summed E-state index contributed by atoms with van der Waals surface area (Å²) in [5.74, 6) is -0.681. The maximum absolute atomic E-state index is 14.2. The van der Waals surface area contributed by atoms with E-state index in [1.165, 1.54) is 10.4 Å². The van der Waals surface area contributed by atoms with Crippen molar-refractivity contribution in [1.82, 2.24) is 4.31 Å². The molecular formula is C13H20ClFN2O2S. The highest BCUT2D eigenvalue weighted by Crippen LogP contribution is 2.26. The molecule has 0 unspecified atom stereocenters. The van der Waals surface area contributed by atoms with E-state index in [9.17, 15) is 12.8 Å². The number of sulfonamides is 1. The Kier molecular flexibility index (Phi) is 5.94. The van der Waals surface area contributed by atoms with Gasteiger partial charge in [0.2, 0.25) is 10.0 Å². The molecule has 7 heteroatoms. The molecule has 114 valence electrons. The number of hydrogen-bond donors (Lipinski definition) is 1. The molecule has 0 amide bonds. The molecule has 0 saturated heterocycles. The van der Waals surface area contributed by atoms with Crippen LogP contribution in [0.4, 0.5) is 4.39 Å². The molecule has 0 aliphatic heterocycles. The average molecular weight is 323 g/mol. The largest absolute Gasteiger partial charge is 0.326 e. The minimum absolute atomic E-state index is 0.0941. The van der Waals surface area contributed by atoms with Crippen molar-refractivity contribution >= 4 is 21.6 Å². The highest BCUT2D eigenvalue weighted by atomic mass is 35.5. The fourth-order valence-corrected chi connectivity index (χ4v) is 3.95. The summed E-state index contributed by atoms with van der Waals surface area (Å²) in [6, 6.07) is 2.48. The molecule has 2 N–H and O–H groups in total. The van der Waals surface area contributed by atoms with Gasteiger partial charge in [-0.1, -0.05) is 32.4 Å². The Hall–Kier alpha value is -0.690. The Morgan fingerprint density at radius 3 is 2.45 bits per heavy atom. The fraction of sp³-hybridized carbons (Fsp3) is 0.538. The average Bonchev–Trinajstić information content (AvgIpc) is 2.37. The summed E-state index contributed by atoms with van der Waals surface area (Å²) in [6.45, 7) is 6.00. The van der Waals surface area contributed by atoms with E-state index in [2.05, 4.69) is 0 Å². The number of nitrogens with two attached hydrogens (primary N) is 1. The molecule has 0 bridgehead atoms. The molecule has 1 rings (SSSR count). The van der Waals surface area contributed by atoms with Crippen molar-refractivity contribution in [2.45, 2.75) is 32.2 Å². The van der Waals surface area contributed by atoms with Crippen LogP contribution in [-0.2, 0) is 16.6 Å². The van der Waals surface area contributed by atoms with Crippen molar-refractivity contribution < 1.29 is 12.8 Å². The maximum Gasteiger partial charge on any atom is 0.246 e. The Morgan fingerprint density at radius 2 is 2.00 bits per heavy atom. The predicted octanol–water partition coefficient (Wildman–Crippen LogP) is 2.60. The van der Waals surface area contributed by atoms with Crippen molar-refractivity contribution in [2.24, 2.45) is 11.7 Å². The Labute approximate surface area is 124 Å². The Morgan fingerprint density at radius 1 is 1.40 bits per heavy atom. The van der Waals surface area contributed by atoms with Crippen molar-refractivity contribution in [3.05, 3.63) is 28.5 Å². The maximum atomic E-state index is 14.2. The molecule has 0 atom stereocenters. The molecule has 0 aliphatic carbocycles. The van der Waals surface area contributed by atoms with Gasteiger partial charge in [-0.25, -0.2) is 12.8 Å². The number of benzene rings is 1. The van der Waals surface area contributed by atoms with E-state index in [0.29, 0.717) is 6.54 Å². The van der Waals surface area contributed by atoms with E-state index >= 15 is 0 Å². The summed E-state index contributed by atoms with van der Waals surface area (Å²) < 4.78 is 40.5. The molecule has 20 heavy (non-hydrogen) atoms. The summed E-state index contributed by atoms with van der Waals surface area (Å²) in [5.41, 5.74) is 5.51. The molecule has 0 spiro atoms. The number of nitrogens with zero attached hydrogens (tertiary/aromatic N) is 1. The van der Waals surface area contributed by atoms with Gasteiger partial charge >= 0.3 is 0 Å². The van der Waals surface area contributed by atoms with Gasteiger partial charge in [0.25, 0.3) is 0 Å². The molecular weight excluding hydrogens is 303 g/mol. The lowest BCUT2D eigenvalue weighted by atomic mass is 10.2. The first kappa shape index (κ1) is 17.4. The van der Waals surface area contributed by atoms with E-state index in [0.717, 1.165) is 6.07 Å². The number of hydrogen-bond acceptors (Lipinski definition) is 3. The van der Waals surface area contributed by atoms with Gasteiger partial charge in [-0.05, 0) is 18.1 Å². The second kappa shape index (κ2) is 6.85. The molecule has 4 nitrogen and oxygen atoms in total. The smallest absolute Gasteiger partial charge is 0.246 e. The van der Waals surface area contributed by atoms with Gasteiger partial charge in [-0.3, -0.25) is 0 Å². The quantitative estimate of drug-likeness (QED) is 0.875.